The number of thiophene rings is 1. The fourth-order valence-electron chi connectivity index (χ4n) is 1.83. The molecule has 0 fully saturated rings. The molecule has 2 rings (SSSR count). The number of hydrogen-bond donors (Lipinski definition) is 2. The molecule has 0 radical (unpaired) electrons. The molecule has 2 aromatic heterocycles. The van der Waals surface area contributed by atoms with Crippen LogP contribution in [0.25, 0.3) is 0 Å². The number of carbonyl (C=O) groups excluding carboxylic acids is 1. The lowest BCUT2D eigenvalue weighted by Crippen LogP contribution is -2.34. The highest BCUT2D eigenvalue weighted by Gasteiger charge is 2.18. The molecule has 0 saturated carbocycles. The van der Waals surface area contributed by atoms with Crippen molar-refractivity contribution in [3.05, 3.63) is 50.3 Å². The second kappa shape index (κ2) is 6.31. The predicted octanol–water partition coefficient (Wildman–Crippen LogP) is 1.99. The smallest absolute Gasteiger partial charge is 0.288 e. The van der Waals surface area contributed by atoms with Crippen LogP contribution < -0.4 is 11.1 Å². The first-order chi connectivity index (χ1) is 9.97. The number of anilines is 1. The van der Waals surface area contributed by atoms with Crippen LogP contribution in [0.4, 0.5) is 11.5 Å². The second-order valence-electron chi connectivity index (χ2n) is 4.54. The third-order valence-electron chi connectivity index (χ3n) is 2.82. The standard InChI is InChI=1S/C13H14N4O3S/c1-8(5-10-3-2-4-21-10)16-13(18)11-6-9(17(19)20)7-15-12(11)14/h2-4,6-8H,5H2,1H3,(H2,14,15)(H,16,18). The van der Waals surface area contributed by atoms with E-state index in [4.69, 9.17) is 5.73 Å². The second-order valence-corrected chi connectivity index (χ2v) is 5.57. The van der Waals surface area contributed by atoms with Crippen molar-refractivity contribution in [2.75, 3.05) is 5.73 Å². The van der Waals surface area contributed by atoms with Gasteiger partial charge in [0, 0.05) is 23.4 Å². The molecule has 0 saturated heterocycles. The van der Waals surface area contributed by atoms with Crippen LogP contribution in [-0.4, -0.2) is 21.9 Å². The summed E-state index contributed by atoms with van der Waals surface area (Å²) >= 11 is 1.61. The number of amides is 1. The van der Waals surface area contributed by atoms with E-state index in [0.29, 0.717) is 6.42 Å². The minimum Gasteiger partial charge on any atom is -0.383 e. The van der Waals surface area contributed by atoms with E-state index in [1.165, 1.54) is 0 Å². The van der Waals surface area contributed by atoms with E-state index >= 15 is 0 Å². The molecule has 0 aliphatic rings. The van der Waals surface area contributed by atoms with Gasteiger partial charge in [-0.15, -0.1) is 11.3 Å². The maximum absolute atomic E-state index is 12.1. The highest BCUT2D eigenvalue weighted by molar-refractivity contribution is 7.09. The maximum atomic E-state index is 12.1. The molecule has 1 amide bonds. The largest absolute Gasteiger partial charge is 0.383 e. The molecule has 3 N–H and O–H groups in total. The number of nitrogens with one attached hydrogen (secondary N) is 1. The van der Waals surface area contributed by atoms with Gasteiger partial charge in [-0.05, 0) is 18.4 Å². The number of nitro groups is 1. The number of nitrogens with two attached hydrogens (primary N) is 1. The lowest BCUT2D eigenvalue weighted by atomic mass is 10.1. The summed E-state index contributed by atoms with van der Waals surface area (Å²) in [6.45, 7) is 1.86. The van der Waals surface area contributed by atoms with Crippen LogP contribution in [0.15, 0.2) is 29.8 Å². The zero-order valence-electron chi connectivity index (χ0n) is 11.3. The third kappa shape index (κ3) is 3.76. The summed E-state index contributed by atoms with van der Waals surface area (Å²) in [5, 5.41) is 15.4. The summed E-state index contributed by atoms with van der Waals surface area (Å²) in [4.78, 5) is 27.1. The first-order valence-corrected chi connectivity index (χ1v) is 7.08. The number of nitrogen functional groups attached to an aromatic ring is 1. The van der Waals surface area contributed by atoms with E-state index in [1.807, 2.05) is 24.4 Å². The Morgan fingerprint density at radius 2 is 2.38 bits per heavy atom. The van der Waals surface area contributed by atoms with Crippen molar-refractivity contribution in [1.82, 2.24) is 10.3 Å². The molecule has 2 aromatic rings. The van der Waals surface area contributed by atoms with Crippen molar-refractivity contribution in [3.8, 4) is 0 Å². The van der Waals surface area contributed by atoms with Crippen molar-refractivity contribution in [2.24, 2.45) is 0 Å². The SMILES string of the molecule is CC(Cc1cccs1)NC(=O)c1cc([N+](=O)[O-])cnc1N. The zero-order chi connectivity index (χ0) is 15.4. The summed E-state index contributed by atoms with van der Waals surface area (Å²) < 4.78 is 0. The van der Waals surface area contributed by atoms with Crippen LogP contribution in [0, 0.1) is 10.1 Å². The Labute approximate surface area is 125 Å². The highest BCUT2D eigenvalue weighted by atomic mass is 32.1. The third-order valence-corrected chi connectivity index (χ3v) is 3.72. The van der Waals surface area contributed by atoms with E-state index in [0.717, 1.165) is 17.1 Å². The summed E-state index contributed by atoms with van der Waals surface area (Å²) in [5.74, 6) is -0.492. The minimum atomic E-state index is -0.613. The van der Waals surface area contributed by atoms with Crippen molar-refractivity contribution in [3.63, 3.8) is 0 Å². The first-order valence-electron chi connectivity index (χ1n) is 6.20. The Morgan fingerprint density at radius 1 is 1.62 bits per heavy atom. The summed E-state index contributed by atoms with van der Waals surface area (Å²) in [6, 6.07) is 4.94. The van der Waals surface area contributed by atoms with Crippen molar-refractivity contribution in [2.45, 2.75) is 19.4 Å². The van der Waals surface area contributed by atoms with Gasteiger partial charge in [0.1, 0.15) is 12.0 Å². The Bertz CT molecular complexity index is 657. The summed E-state index contributed by atoms with van der Waals surface area (Å²) in [6.07, 6.45) is 1.72. The fourth-order valence-corrected chi connectivity index (χ4v) is 2.66. The van der Waals surface area contributed by atoms with Gasteiger partial charge in [0.05, 0.1) is 10.5 Å². The molecule has 1 unspecified atom stereocenters. The van der Waals surface area contributed by atoms with E-state index in [9.17, 15) is 14.9 Å². The van der Waals surface area contributed by atoms with E-state index in [2.05, 4.69) is 10.3 Å². The van der Waals surface area contributed by atoms with Crippen LogP contribution in [0.2, 0.25) is 0 Å². The fraction of sp³-hybridized carbons (Fsp3) is 0.231. The van der Waals surface area contributed by atoms with E-state index in [-0.39, 0.29) is 23.1 Å². The predicted molar refractivity (Wildman–Crippen MR) is 80.3 cm³/mol. The van der Waals surface area contributed by atoms with Crippen molar-refractivity contribution >= 4 is 28.7 Å². The molecular formula is C13H14N4O3S. The molecular weight excluding hydrogens is 292 g/mol. The van der Waals surface area contributed by atoms with Crippen LogP contribution in [0.3, 0.4) is 0 Å². The molecule has 0 aromatic carbocycles. The molecule has 0 bridgehead atoms. The summed E-state index contributed by atoms with van der Waals surface area (Å²) in [5.41, 5.74) is 5.36. The van der Waals surface area contributed by atoms with Gasteiger partial charge in [0.2, 0.25) is 0 Å². The Hall–Kier alpha value is -2.48. The number of aromatic nitrogens is 1. The molecule has 0 aliphatic heterocycles. The van der Waals surface area contributed by atoms with Gasteiger partial charge >= 0.3 is 0 Å². The molecule has 0 aliphatic carbocycles. The van der Waals surface area contributed by atoms with Gasteiger partial charge in [-0.3, -0.25) is 14.9 Å². The Morgan fingerprint density at radius 3 is 3.00 bits per heavy atom. The van der Waals surface area contributed by atoms with E-state index < -0.39 is 10.8 Å². The number of pyridine rings is 1. The Kier molecular flexibility index (Phi) is 4.49. The zero-order valence-corrected chi connectivity index (χ0v) is 12.1. The molecule has 1 atom stereocenters. The normalized spacial score (nSPS) is 11.9. The average Bonchev–Trinajstić information content (AvgIpc) is 2.91. The number of hydrogen-bond acceptors (Lipinski definition) is 6. The van der Waals surface area contributed by atoms with Gasteiger partial charge in [0.15, 0.2) is 0 Å². The van der Waals surface area contributed by atoms with Gasteiger partial charge in [-0.25, -0.2) is 4.98 Å². The minimum absolute atomic E-state index is 0.0160. The monoisotopic (exact) mass is 306 g/mol. The van der Waals surface area contributed by atoms with E-state index in [1.54, 1.807) is 11.3 Å². The van der Waals surface area contributed by atoms with Gasteiger partial charge < -0.3 is 11.1 Å². The number of nitrogens with zero attached hydrogens (tertiary/aromatic N) is 2. The van der Waals surface area contributed by atoms with Crippen LogP contribution >= 0.6 is 11.3 Å². The van der Waals surface area contributed by atoms with Gasteiger partial charge in [0.25, 0.3) is 11.6 Å². The van der Waals surface area contributed by atoms with Crippen LogP contribution in [0.1, 0.15) is 22.2 Å². The molecule has 21 heavy (non-hydrogen) atoms. The average molecular weight is 306 g/mol. The highest BCUT2D eigenvalue weighted by Crippen LogP contribution is 2.17. The topological polar surface area (TPSA) is 111 Å². The lowest BCUT2D eigenvalue weighted by Gasteiger charge is -2.13. The molecule has 8 heteroatoms. The molecule has 110 valence electrons. The maximum Gasteiger partial charge on any atom is 0.288 e. The molecule has 2 heterocycles. The number of rotatable bonds is 5. The Balaban J connectivity index is 2.09. The van der Waals surface area contributed by atoms with Crippen molar-refractivity contribution in [1.29, 1.82) is 0 Å². The van der Waals surface area contributed by atoms with Gasteiger partial charge in [-0.1, -0.05) is 6.07 Å². The van der Waals surface area contributed by atoms with Gasteiger partial charge in [-0.2, -0.15) is 0 Å². The molecule has 7 nitrogen and oxygen atoms in total. The van der Waals surface area contributed by atoms with Crippen LogP contribution in [-0.2, 0) is 6.42 Å². The first kappa shape index (κ1) is 14.9. The van der Waals surface area contributed by atoms with Crippen molar-refractivity contribution < 1.29 is 9.72 Å². The quantitative estimate of drug-likeness (QED) is 0.648. The van der Waals surface area contributed by atoms with Crippen LogP contribution in [0.5, 0.6) is 0 Å². The summed E-state index contributed by atoms with van der Waals surface area (Å²) in [7, 11) is 0. The molecule has 0 spiro atoms. The number of carbonyl (C=O) groups is 1. The lowest BCUT2D eigenvalue weighted by molar-refractivity contribution is -0.385.